The lowest BCUT2D eigenvalue weighted by Crippen LogP contribution is -2.22. The highest BCUT2D eigenvalue weighted by atomic mass is 32.2. The number of allylic oxidation sites excluding steroid dienone is 1. The van der Waals surface area contributed by atoms with Crippen molar-refractivity contribution in [3.8, 4) is 11.1 Å². The number of nitrogens with zero attached hydrogens (tertiary/aromatic N) is 3. The van der Waals surface area contributed by atoms with Gasteiger partial charge >= 0.3 is 0 Å². The Bertz CT molecular complexity index is 1630. The Kier molecular flexibility index (Phi) is 5.77. The monoisotopic (exact) mass is 492 g/mol. The molecule has 0 spiro atoms. The molecule has 6 nitrogen and oxygen atoms in total. The quantitative estimate of drug-likeness (QED) is 0.192. The van der Waals surface area contributed by atoms with Crippen LogP contribution < -0.4 is 11.1 Å². The molecule has 5 aromatic rings. The van der Waals surface area contributed by atoms with E-state index in [9.17, 15) is 9.59 Å². The predicted octanol–water partition coefficient (Wildman–Crippen LogP) is 5.52. The van der Waals surface area contributed by atoms with Crippen LogP contribution in [0.15, 0.2) is 63.1 Å². The van der Waals surface area contributed by atoms with Crippen LogP contribution >= 0.6 is 34.4 Å². The number of hydrogen-bond acceptors (Lipinski definition) is 7. The fourth-order valence-electron chi connectivity index (χ4n) is 3.74. The van der Waals surface area contributed by atoms with Crippen molar-refractivity contribution in [2.75, 3.05) is 0 Å². The molecular formula is C24H20N4O2S3. The minimum atomic E-state index is -0.130. The van der Waals surface area contributed by atoms with Crippen LogP contribution in [-0.4, -0.2) is 19.5 Å². The van der Waals surface area contributed by atoms with E-state index in [2.05, 4.69) is 16.5 Å². The molecule has 0 atom stereocenters. The highest BCUT2D eigenvalue weighted by Gasteiger charge is 2.18. The minimum absolute atomic E-state index is 0.0936. The molecule has 0 amide bonds. The summed E-state index contributed by atoms with van der Waals surface area (Å²) in [5.41, 5.74) is 2.63. The molecular weight excluding hydrogens is 472 g/mol. The van der Waals surface area contributed by atoms with Gasteiger partial charge in [-0.15, -0.1) is 29.3 Å². The van der Waals surface area contributed by atoms with Gasteiger partial charge < -0.3 is 4.98 Å². The number of hydrogen-bond donors (Lipinski definition) is 1. The van der Waals surface area contributed by atoms with E-state index in [-0.39, 0.29) is 11.1 Å². The van der Waals surface area contributed by atoms with Gasteiger partial charge in [0.25, 0.3) is 11.1 Å². The van der Waals surface area contributed by atoms with Gasteiger partial charge in [-0.2, -0.15) is 0 Å². The van der Waals surface area contributed by atoms with Crippen LogP contribution in [0.25, 0.3) is 31.6 Å². The van der Waals surface area contributed by atoms with Crippen molar-refractivity contribution in [3.05, 3.63) is 85.3 Å². The number of thioether (sulfide) groups is 1. The molecule has 0 saturated heterocycles. The summed E-state index contributed by atoms with van der Waals surface area (Å²) in [4.78, 5) is 40.9. The predicted molar refractivity (Wildman–Crippen MR) is 139 cm³/mol. The van der Waals surface area contributed by atoms with E-state index in [1.165, 1.54) is 34.4 Å². The fourth-order valence-corrected chi connectivity index (χ4v) is 6.65. The first-order valence-corrected chi connectivity index (χ1v) is 13.0. The number of nitrogens with one attached hydrogen (secondary N) is 1. The third-order valence-electron chi connectivity index (χ3n) is 5.48. The molecule has 166 valence electrons. The second-order valence-electron chi connectivity index (χ2n) is 7.56. The Morgan fingerprint density at radius 1 is 1.12 bits per heavy atom. The van der Waals surface area contributed by atoms with E-state index in [0.717, 1.165) is 26.4 Å². The molecule has 0 bridgehead atoms. The Hall–Kier alpha value is -3.01. The lowest BCUT2D eigenvalue weighted by Gasteiger charge is -2.10. The molecule has 4 aromatic heterocycles. The van der Waals surface area contributed by atoms with E-state index < -0.39 is 0 Å². The van der Waals surface area contributed by atoms with Crippen molar-refractivity contribution in [2.45, 2.75) is 31.3 Å². The Balaban J connectivity index is 1.55. The van der Waals surface area contributed by atoms with Gasteiger partial charge in [-0.1, -0.05) is 48.2 Å². The van der Waals surface area contributed by atoms with Crippen LogP contribution in [0.2, 0.25) is 0 Å². The third kappa shape index (κ3) is 3.86. The first-order valence-electron chi connectivity index (χ1n) is 10.3. The largest absolute Gasteiger partial charge is 0.309 e. The molecule has 0 unspecified atom stereocenters. The number of aromatic nitrogens is 4. The standard InChI is InChI=1S/C24H20N4O2S3/c1-4-10-28-23(30)19-16(15-8-6-5-7-9-15)11-31-21(19)27-24(28)32-12-17-25-20(29)18-13(2)14(3)33-22(18)26-17/h4-9,11H,1,10,12H2,2-3H3,(H,25,26,29). The van der Waals surface area contributed by atoms with E-state index in [1.807, 2.05) is 49.6 Å². The molecule has 0 saturated carbocycles. The number of fused-ring (bicyclic) bond motifs is 2. The minimum Gasteiger partial charge on any atom is -0.309 e. The molecule has 1 aromatic carbocycles. The molecule has 0 aliphatic heterocycles. The zero-order valence-electron chi connectivity index (χ0n) is 18.0. The van der Waals surface area contributed by atoms with Crippen molar-refractivity contribution in [1.29, 1.82) is 0 Å². The summed E-state index contributed by atoms with van der Waals surface area (Å²) in [5.74, 6) is 0.960. The van der Waals surface area contributed by atoms with Crippen LogP contribution in [-0.2, 0) is 12.3 Å². The summed E-state index contributed by atoms with van der Waals surface area (Å²) in [6, 6.07) is 9.86. The topological polar surface area (TPSA) is 80.6 Å². The van der Waals surface area contributed by atoms with Crippen molar-refractivity contribution in [1.82, 2.24) is 19.5 Å². The number of benzene rings is 1. The smallest absolute Gasteiger partial charge is 0.263 e. The summed E-state index contributed by atoms with van der Waals surface area (Å²) in [6.45, 7) is 8.09. The van der Waals surface area contributed by atoms with Crippen LogP contribution in [0, 0.1) is 13.8 Å². The van der Waals surface area contributed by atoms with Gasteiger partial charge in [0, 0.05) is 22.4 Å². The molecule has 0 fully saturated rings. The number of thiophene rings is 2. The summed E-state index contributed by atoms with van der Waals surface area (Å²) in [6.07, 6.45) is 1.69. The first kappa shape index (κ1) is 21.8. The van der Waals surface area contributed by atoms with Crippen molar-refractivity contribution in [3.63, 3.8) is 0 Å². The summed E-state index contributed by atoms with van der Waals surface area (Å²) in [7, 11) is 0. The average molecular weight is 493 g/mol. The van der Waals surface area contributed by atoms with Gasteiger partial charge in [-0.25, -0.2) is 9.97 Å². The molecule has 1 N–H and O–H groups in total. The van der Waals surface area contributed by atoms with E-state index in [4.69, 9.17) is 4.98 Å². The molecule has 4 heterocycles. The van der Waals surface area contributed by atoms with Crippen LogP contribution in [0.5, 0.6) is 0 Å². The second-order valence-corrected chi connectivity index (χ2v) is 10.6. The number of H-pyrrole nitrogens is 1. The zero-order chi connectivity index (χ0) is 23.1. The second kappa shape index (κ2) is 8.74. The van der Waals surface area contributed by atoms with Gasteiger partial charge in [0.1, 0.15) is 15.5 Å². The van der Waals surface area contributed by atoms with Gasteiger partial charge in [0.05, 0.1) is 16.5 Å². The highest BCUT2D eigenvalue weighted by molar-refractivity contribution is 7.98. The number of rotatable bonds is 6. The lowest BCUT2D eigenvalue weighted by molar-refractivity contribution is 0.672. The summed E-state index contributed by atoms with van der Waals surface area (Å²) in [5, 5.41) is 3.83. The lowest BCUT2D eigenvalue weighted by atomic mass is 10.1. The fraction of sp³-hybridized carbons (Fsp3) is 0.167. The third-order valence-corrected chi connectivity index (χ3v) is 8.44. The number of aryl methyl sites for hydroxylation is 2. The number of aromatic amines is 1. The zero-order valence-corrected chi connectivity index (χ0v) is 20.5. The van der Waals surface area contributed by atoms with E-state index in [0.29, 0.717) is 38.9 Å². The molecule has 0 radical (unpaired) electrons. The van der Waals surface area contributed by atoms with Crippen LogP contribution in [0.3, 0.4) is 0 Å². The maximum absolute atomic E-state index is 13.5. The average Bonchev–Trinajstić information content (AvgIpc) is 3.36. The van der Waals surface area contributed by atoms with Crippen molar-refractivity contribution < 1.29 is 0 Å². The van der Waals surface area contributed by atoms with Gasteiger partial charge in [0.15, 0.2) is 5.16 Å². The molecule has 5 rings (SSSR count). The SMILES string of the molecule is C=CCn1c(SCc2nc3sc(C)c(C)c3c(=O)[nH]2)nc2scc(-c3ccccc3)c2c1=O. The molecule has 0 aliphatic rings. The molecule has 33 heavy (non-hydrogen) atoms. The van der Waals surface area contributed by atoms with Crippen molar-refractivity contribution >= 4 is 54.9 Å². The Morgan fingerprint density at radius 2 is 1.91 bits per heavy atom. The van der Waals surface area contributed by atoms with Crippen molar-refractivity contribution in [2.24, 2.45) is 0 Å². The summed E-state index contributed by atoms with van der Waals surface area (Å²) >= 11 is 4.37. The normalized spacial score (nSPS) is 11.5. The maximum Gasteiger partial charge on any atom is 0.263 e. The van der Waals surface area contributed by atoms with Crippen LogP contribution in [0.4, 0.5) is 0 Å². The molecule has 9 heteroatoms. The maximum atomic E-state index is 13.5. The van der Waals surface area contributed by atoms with E-state index >= 15 is 0 Å². The van der Waals surface area contributed by atoms with Gasteiger partial charge in [-0.05, 0) is 25.0 Å². The molecule has 0 aliphatic carbocycles. The first-order chi connectivity index (χ1) is 16.0. The Morgan fingerprint density at radius 3 is 2.67 bits per heavy atom. The van der Waals surface area contributed by atoms with Gasteiger partial charge in [0.2, 0.25) is 0 Å². The highest BCUT2D eigenvalue weighted by Crippen LogP contribution is 2.33. The van der Waals surface area contributed by atoms with Gasteiger partial charge in [-0.3, -0.25) is 14.2 Å². The van der Waals surface area contributed by atoms with E-state index in [1.54, 1.807) is 10.6 Å². The Labute approximate surface area is 201 Å². The summed E-state index contributed by atoms with van der Waals surface area (Å²) < 4.78 is 1.63. The van der Waals surface area contributed by atoms with Crippen LogP contribution in [0.1, 0.15) is 16.3 Å².